The highest BCUT2D eigenvalue weighted by Gasteiger charge is 2.26. The lowest BCUT2D eigenvalue weighted by Crippen LogP contribution is -2.38. The molecule has 3 rings (SSSR count). The Bertz CT molecular complexity index is 868. The van der Waals surface area contributed by atoms with Gasteiger partial charge in [0.05, 0.1) is 0 Å². The third kappa shape index (κ3) is 5.95. The number of carbonyl (C=O) groups excluding carboxylic acids is 2. The molecule has 2 heterocycles. The van der Waals surface area contributed by atoms with Gasteiger partial charge in [0.25, 0.3) is 12.2 Å². The van der Waals surface area contributed by atoms with E-state index in [0.717, 1.165) is 29.8 Å². The molecule has 0 aromatic carbocycles. The largest absolute Gasteiger partial charge is 0.483 e. The van der Waals surface area contributed by atoms with Crippen LogP contribution in [0.3, 0.4) is 0 Å². The Labute approximate surface area is 167 Å². The molecule has 0 spiro atoms. The number of carboxylic acid groups (broad SMARTS) is 1. The third-order valence-electron chi connectivity index (χ3n) is 4.90. The van der Waals surface area contributed by atoms with Crippen molar-refractivity contribution in [3.8, 4) is 0 Å². The number of fused-ring (bicyclic) bond motifs is 1. The molecule has 0 unspecified atom stereocenters. The van der Waals surface area contributed by atoms with E-state index in [4.69, 9.17) is 15.0 Å². The van der Waals surface area contributed by atoms with Crippen molar-refractivity contribution in [2.75, 3.05) is 6.61 Å². The van der Waals surface area contributed by atoms with Crippen molar-refractivity contribution in [2.24, 2.45) is 0 Å². The van der Waals surface area contributed by atoms with Crippen molar-refractivity contribution in [3.63, 3.8) is 0 Å². The van der Waals surface area contributed by atoms with Gasteiger partial charge in [-0.25, -0.2) is 9.50 Å². The van der Waals surface area contributed by atoms with Crippen molar-refractivity contribution >= 4 is 24.1 Å². The zero-order valence-electron chi connectivity index (χ0n) is 16.5. The van der Waals surface area contributed by atoms with Gasteiger partial charge < -0.3 is 20.8 Å². The predicted molar refractivity (Wildman–Crippen MR) is 102 cm³/mol. The third-order valence-corrected chi connectivity index (χ3v) is 4.90. The molecule has 0 saturated heterocycles. The summed E-state index contributed by atoms with van der Waals surface area (Å²) >= 11 is 0. The van der Waals surface area contributed by atoms with Crippen LogP contribution in [0.25, 0.3) is 5.78 Å². The highest BCUT2D eigenvalue weighted by Crippen LogP contribution is 2.20. The van der Waals surface area contributed by atoms with Gasteiger partial charge in [-0.05, 0) is 45.1 Å². The molecule has 1 fully saturated rings. The fourth-order valence-corrected chi connectivity index (χ4v) is 3.57. The van der Waals surface area contributed by atoms with Gasteiger partial charge in [-0.1, -0.05) is 0 Å². The summed E-state index contributed by atoms with van der Waals surface area (Å²) in [6.07, 6.45) is 4.76. The molecule has 1 aliphatic rings. The Morgan fingerprint density at radius 1 is 1.24 bits per heavy atom. The molecule has 11 heteroatoms. The average Bonchev–Trinajstić information content (AvgIpc) is 3.31. The summed E-state index contributed by atoms with van der Waals surface area (Å²) in [7, 11) is 0. The number of nitrogens with one attached hydrogen (secondary N) is 2. The van der Waals surface area contributed by atoms with Crippen LogP contribution < -0.4 is 10.6 Å². The fraction of sp³-hybridized carbons (Fsp3) is 0.556. The number of rotatable bonds is 6. The Balaban J connectivity index is 0.000000941. The topological polar surface area (TPSA) is 159 Å². The molecule has 0 bridgehead atoms. The average molecular weight is 406 g/mol. The van der Waals surface area contributed by atoms with Crippen LogP contribution in [0.5, 0.6) is 0 Å². The highest BCUT2D eigenvalue weighted by atomic mass is 16.3. The number of hydrogen-bond donors (Lipinski definition) is 4. The fourth-order valence-electron chi connectivity index (χ4n) is 3.57. The van der Waals surface area contributed by atoms with E-state index in [9.17, 15) is 9.59 Å². The molecule has 0 radical (unpaired) electrons. The van der Waals surface area contributed by atoms with Crippen LogP contribution in [0.4, 0.5) is 0 Å². The summed E-state index contributed by atoms with van der Waals surface area (Å²) < 4.78 is 1.69. The molecule has 2 aromatic heterocycles. The van der Waals surface area contributed by atoms with E-state index in [-0.39, 0.29) is 30.4 Å². The summed E-state index contributed by atoms with van der Waals surface area (Å²) in [5.41, 5.74) is 2.83. The summed E-state index contributed by atoms with van der Waals surface area (Å²) in [5, 5.41) is 25.6. The smallest absolute Gasteiger partial charge is 0.290 e. The first-order valence-electron chi connectivity index (χ1n) is 9.32. The van der Waals surface area contributed by atoms with E-state index in [1.807, 2.05) is 13.8 Å². The molecule has 158 valence electrons. The lowest BCUT2D eigenvalue weighted by Gasteiger charge is -2.15. The van der Waals surface area contributed by atoms with Gasteiger partial charge >= 0.3 is 0 Å². The molecule has 1 aliphatic carbocycles. The van der Waals surface area contributed by atoms with Gasteiger partial charge in [0.2, 0.25) is 11.8 Å². The second kappa shape index (κ2) is 10.5. The van der Waals surface area contributed by atoms with Gasteiger partial charge in [-0.15, -0.1) is 0 Å². The Hall–Kier alpha value is -3.08. The van der Waals surface area contributed by atoms with Crippen LogP contribution in [0.15, 0.2) is 6.33 Å². The minimum absolute atomic E-state index is 0.0124. The van der Waals surface area contributed by atoms with Crippen LogP contribution in [0, 0.1) is 13.8 Å². The first-order chi connectivity index (χ1) is 13.9. The Morgan fingerprint density at radius 2 is 1.86 bits per heavy atom. The molecule has 11 nitrogen and oxygen atoms in total. The number of carbonyl (C=O) groups is 3. The molecule has 1 saturated carbocycles. The van der Waals surface area contributed by atoms with Crippen molar-refractivity contribution in [2.45, 2.75) is 58.0 Å². The molecular weight excluding hydrogens is 380 g/mol. The zero-order valence-corrected chi connectivity index (χ0v) is 16.5. The zero-order chi connectivity index (χ0) is 21.4. The van der Waals surface area contributed by atoms with Gasteiger partial charge in [-0.3, -0.25) is 14.4 Å². The number of aromatic nitrogens is 4. The van der Waals surface area contributed by atoms with Crippen molar-refractivity contribution in [1.29, 1.82) is 0 Å². The molecule has 2 amide bonds. The molecule has 2 aromatic rings. The van der Waals surface area contributed by atoms with Gasteiger partial charge in [0.1, 0.15) is 12.9 Å². The SMILES string of the molecule is Cc1nc2ncnn2c(C)c1CCC(=O)N[C@@H]1CC[C@H](NC(=O)CO)C1.O=CO. The number of nitrogens with zero attached hydrogens (tertiary/aromatic N) is 4. The maximum atomic E-state index is 12.3. The monoisotopic (exact) mass is 406 g/mol. The minimum Gasteiger partial charge on any atom is -0.483 e. The second-order valence-corrected chi connectivity index (χ2v) is 6.84. The van der Waals surface area contributed by atoms with Crippen LogP contribution in [0.1, 0.15) is 42.6 Å². The molecule has 0 aliphatic heterocycles. The Kier molecular flexibility index (Phi) is 8.01. The first-order valence-corrected chi connectivity index (χ1v) is 9.32. The number of aliphatic hydroxyl groups is 1. The second-order valence-electron chi connectivity index (χ2n) is 6.84. The molecule has 2 atom stereocenters. The summed E-state index contributed by atoms with van der Waals surface area (Å²) in [5.74, 6) is 0.181. The van der Waals surface area contributed by atoms with E-state index < -0.39 is 6.61 Å². The number of hydrogen-bond acceptors (Lipinski definition) is 7. The van der Waals surface area contributed by atoms with E-state index in [2.05, 4.69) is 25.7 Å². The van der Waals surface area contributed by atoms with Gasteiger partial charge in [0, 0.05) is 29.9 Å². The van der Waals surface area contributed by atoms with Crippen molar-refractivity contribution < 1.29 is 24.6 Å². The van der Waals surface area contributed by atoms with Gasteiger partial charge in [0.15, 0.2) is 0 Å². The minimum atomic E-state index is -0.504. The number of amides is 2. The van der Waals surface area contributed by atoms with Gasteiger partial charge in [-0.2, -0.15) is 10.1 Å². The van der Waals surface area contributed by atoms with Crippen LogP contribution >= 0.6 is 0 Å². The molecular formula is C18H26N6O5. The molecule has 4 N–H and O–H groups in total. The van der Waals surface area contributed by atoms with E-state index in [0.29, 0.717) is 25.0 Å². The number of aliphatic hydroxyl groups excluding tert-OH is 1. The van der Waals surface area contributed by atoms with Crippen LogP contribution in [-0.4, -0.2) is 66.8 Å². The van der Waals surface area contributed by atoms with Crippen LogP contribution in [-0.2, 0) is 20.8 Å². The highest BCUT2D eigenvalue weighted by molar-refractivity contribution is 5.77. The lowest BCUT2D eigenvalue weighted by atomic mass is 10.1. The maximum absolute atomic E-state index is 12.3. The summed E-state index contributed by atoms with van der Waals surface area (Å²) in [6.45, 7) is 3.12. The summed E-state index contributed by atoms with van der Waals surface area (Å²) in [4.78, 5) is 40.4. The first kappa shape index (κ1) is 22.2. The normalized spacial score (nSPS) is 18.0. The van der Waals surface area contributed by atoms with E-state index >= 15 is 0 Å². The van der Waals surface area contributed by atoms with Crippen molar-refractivity contribution in [1.82, 2.24) is 30.2 Å². The number of aryl methyl sites for hydroxylation is 2. The lowest BCUT2D eigenvalue weighted by molar-refractivity contribution is -0.124. The summed E-state index contributed by atoms with van der Waals surface area (Å²) in [6, 6.07) is 0.0768. The van der Waals surface area contributed by atoms with E-state index in [1.54, 1.807) is 4.52 Å². The standard InChI is InChI=1S/C17H24N6O3.CH2O2/c1-10-14(11(2)23-17(20-10)18-9-19-23)5-6-15(25)21-12-3-4-13(7-12)22-16(26)8-24;2-1-3/h9,12-13,24H,3-8H2,1-2H3,(H,21,25)(H,22,26);1H,(H,2,3)/t12-,13+;/m1./s1. The quantitative estimate of drug-likeness (QED) is 0.468. The molecule has 29 heavy (non-hydrogen) atoms. The Morgan fingerprint density at radius 3 is 2.48 bits per heavy atom. The van der Waals surface area contributed by atoms with E-state index in [1.165, 1.54) is 6.33 Å². The predicted octanol–water partition coefficient (Wildman–Crippen LogP) is -0.480. The van der Waals surface area contributed by atoms with Crippen molar-refractivity contribution in [3.05, 3.63) is 23.3 Å². The van der Waals surface area contributed by atoms with Crippen LogP contribution in [0.2, 0.25) is 0 Å². The maximum Gasteiger partial charge on any atom is 0.290 e.